The molecule has 0 bridgehead atoms. The summed E-state index contributed by atoms with van der Waals surface area (Å²) in [5, 5.41) is 6.23. The van der Waals surface area contributed by atoms with Crippen molar-refractivity contribution in [2.45, 2.75) is 52.5 Å². The number of benzene rings is 1. The number of rotatable bonds is 7. The van der Waals surface area contributed by atoms with Gasteiger partial charge in [-0.1, -0.05) is 32.8 Å². The zero-order valence-electron chi connectivity index (χ0n) is 12.5. The lowest BCUT2D eigenvalue weighted by molar-refractivity contribution is 0.0963. The van der Waals surface area contributed by atoms with Crippen LogP contribution in [0.2, 0.25) is 0 Å². The maximum Gasteiger partial charge on any atom is 0.251 e. The molecule has 0 aliphatic heterocycles. The third kappa shape index (κ3) is 4.58. The van der Waals surface area contributed by atoms with Gasteiger partial charge in [-0.2, -0.15) is 0 Å². The predicted molar refractivity (Wildman–Crippen MR) is 81.8 cm³/mol. The number of unbranched alkanes of at least 4 members (excludes halogenated alkanes) is 1. The van der Waals surface area contributed by atoms with Crippen LogP contribution in [-0.2, 0) is 0 Å². The number of amides is 1. The first-order valence-corrected chi connectivity index (χ1v) is 7.21. The van der Waals surface area contributed by atoms with Crippen LogP contribution in [0.25, 0.3) is 0 Å². The molecule has 3 heteroatoms. The highest BCUT2D eigenvalue weighted by atomic mass is 16.1. The minimum absolute atomic E-state index is 0.0374. The summed E-state index contributed by atoms with van der Waals surface area (Å²) in [7, 11) is 1.66. The lowest BCUT2D eigenvalue weighted by Crippen LogP contribution is -2.21. The fourth-order valence-corrected chi connectivity index (χ4v) is 2.11. The van der Waals surface area contributed by atoms with Crippen molar-refractivity contribution < 1.29 is 4.79 Å². The van der Waals surface area contributed by atoms with Crippen LogP contribution < -0.4 is 10.6 Å². The van der Waals surface area contributed by atoms with Crippen molar-refractivity contribution in [1.82, 2.24) is 5.32 Å². The maximum atomic E-state index is 11.7. The Balaban J connectivity index is 2.83. The quantitative estimate of drug-likeness (QED) is 0.786. The Morgan fingerprint density at radius 2 is 2.05 bits per heavy atom. The van der Waals surface area contributed by atoms with E-state index in [1.165, 1.54) is 24.8 Å². The molecule has 0 fully saturated rings. The van der Waals surface area contributed by atoms with E-state index in [0.29, 0.717) is 11.6 Å². The van der Waals surface area contributed by atoms with Gasteiger partial charge in [-0.15, -0.1) is 0 Å². The smallest absolute Gasteiger partial charge is 0.251 e. The molecule has 19 heavy (non-hydrogen) atoms. The summed E-state index contributed by atoms with van der Waals surface area (Å²) in [6.45, 7) is 6.48. The summed E-state index contributed by atoms with van der Waals surface area (Å²) in [5.74, 6) is -0.0374. The van der Waals surface area contributed by atoms with Gasteiger partial charge in [-0.05, 0) is 37.5 Å². The van der Waals surface area contributed by atoms with Crippen LogP contribution in [0.5, 0.6) is 0 Å². The number of carbonyl (C=O) groups is 1. The van der Waals surface area contributed by atoms with Crippen LogP contribution in [0.15, 0.2) is 18.2 Å². The molecule has 2 N–H and O–H groups in total. The third-order valence-corrected chi connectivity index (χ3v) is 3.49. The molecular weight excluding hydrogens is 236 g/mol. The van der Waals surface area contributed by atoms with Crippen molar-refractivity contribution in [1.29, 1.82) is 0 Å². The number of hydrogen-bond acceptors (Lipinski definition) is 2. The monoisotopic (exact) mass is 262 g/mol. The van der Waals surface area contributed by atoms with Gasteiger partial charge in [0, 0.05) is 24.3 Å². The SMILES string of the molecule is CCCCC(CC)Nc1cc(C(=O)NC)ccc1C. The Kier molecular flexibility index (Phi) is 6.40. The predicted octanol–water partition coefficient (Wildman–Crippen LogP) is 3.74. The highest BCUT2D eigenvalue weighted by molar-refractivity contribution is 5.95. The number of nitrogens with one attached hydrogen (secondary N) is 2. The van der Waals surface area contributed by atoms with Gasteiger partial charge in [0.15, 0.2) is 0 Å². The van der Waals surface area contributed by atoms with Crippen molar-refractivity contribution in [3.63, 3.8) is 0 Å². The zero-order chi connectivity index (χ0) is 14.3. The minimum Gasteiger partial charge on any atom is -0.382 e. The summed E-state index contributed by atoms with van der Waals surface area (Å²) < 4.78 is 0. The van der Waals surface area contributed by atoms with E-state index in [0.717, 1.165) is 12.1 Å². The highest BCUT2D eigenvalue weighted by Gasteiger charge is 2.10. The van der Waals surface area contributed by atoms with Crippen LogP contribution in [-0.4, -0.2) is 19.0 Å². The van der Waals surface area contributed by atoms with E-state index >= 15 is 0 Å². The minimum atomic E-state index is -0.0374. The summed E-state index contributed by atoms with van der Waals surface area (Å²) in [5.41, 5.74) is 2.97. The summed E-state index contributed by atoms with van der Waals surface area (Å²) >= 11 is 0. The molecule has 1 aromatic carbocycles. The van der Waals surface area contributed by atoms with E-state index in [9.17, 15) is 4.79 Å². The second kappa shape index (κ2) is 7.82. The van der Waals surface area contributed by atoms with Crippen molar-refractivity contribution in [3.8, 4) is 0 Å². The van der Waals surface area contributed by atoms with Crippen LogP contribution in [0.3, 0.4) is 0 Å². The molecule has 0 saturated carbocycles. The molecule has 0 radical (unpaired) electrons. The summed E-state index contributed by atoms with van der Waals surface area (Å²) in [6.07, 6.45) is 4.73. The third-order valence-electron chi connectivity index (χ3n) is 3.49. The molecule has 0 aliphatic rings. The maximum absolute atomic E-state index is 11.7. The normalized spacial score (nSPS) is 12.0. The van der Waals surface area contributed by atoms with E-state index in [-0.39, 0.29) is 5.91 Å². The number of hydrogen-bond donors (Lipinski definition) is 2. The van der Waals surface area contributed by atoms with E-state index < -0.39 is 0 Å². The number of anilines is 1. The molecule has 0 saturated heterocycles. The van der Waals surface area contributed by atoms with E-state index in [4.69, 9.17) is 0 Å². The van der Waals surface area contributed by atoms with Crippen molar-refractivity contribution in [3.05, 3.63) is 29.3 Å². The lowest BCUT2D eigenvalue weighted by atomic mass is 10.0. The van der Waals surface area contributed by atoms with E-state index in [1.807, 2.05) is 18.2 Å². The van der Waals surface area contributed by atoms with Crippen molar-refractivity contribution in [2.75, 3.05) is 12.4 Å². The molecule has 0 aromatic heterocycles. The van der Waals surface area contributed by atoms with Gasteiger partial charge in [0.25, 0.3) is 5.91 Å². The second-order valence-corrected chi connectivity index (χ2v) is 5.00. The fraction of sp³-hybridized carbons (Fsp3) is 0.562. The van der Waals surface area contributed by atoms with Gasteiger partial charge in [0.1, 0.15) is 0 Å². The number of aryl methyl sites for hydroxylation is 1. The van der Waals surface area contributed by atoms with Gasteiger partial charge in [-0.25, -0.2) is 0 Å². The molecule has 1 amide bonds. The number of carbonyl (C=O) groups excluding carboxylic acids is 1. The Bertz CT molecular complexity index is 415. The average Bonchev–Trinajstić information content (AvgIpc) is 2.44. The lowest BCUT2D eigenvalue weighted by Gasteiger charge is -2.20. The Labute approximate surface area is 116 Å². The molecule has 1 atom stereocenters. The zero-order valence-corrected chi connectivity index (χ0v) is 12.5. The van der Waals surface area contributed by atoms with Gasteiger partial charge >= 0.3 is 0 Å². The van der Waals surface area contributed by atoms with E-state index in [1.54, 1.807) is 7.05 Å². The first kappa shape index (κ1) is 15.5. The van der Waals surface area contributed by atoms with Gasteiger partial charge in [-0.3, -0.25) is 4.79 Å². The fourth-order valence-electron chi connectivity index (χ4n) is 2.11. The largest absolute Gasteiger partial charge is 0.382 e. The van der Waals surface area contributed by atoms with Crippen LogP contribution in [0.1, 0.15) is 55.5 Å². The topological polar surface area (TPSA) is 41.1 Å². The van der Waals surface area contributed by atoms with Gasteiger partial charge in [0.05, 0.1) is 0 Å². The van der Waals surface area contributed by atoms with Crippen molar-refractivity contribution in [2.24, 2.45) is 0 Å². The molecule has 106 valence electrons. The molecule has 0 spiro atoms. The average molecular weight is 262 g/mol. The molecular formula is C16H26N2O. The first-order valence-electron chi connectivity index (χ1n) is 7.21. The highest BCUT2D eigenvalue weighted by Crippen LogP contribution is 2.20. The summed E-state index contributed by atoms with van der Waals surface area (Å²) in [4.78, 5) is 11.7. The standard InChI is InChI=1S/C16H26N2O/c1-5-7-8-14(6-2)18-15-11-13(16(19)17-4)10-9-12(15)3/h9-11,14,18H,5-8H2,1-4H3,(H,17,19). The summed E-state index contributed by atoms with van der Waals surface area (Å²) in [6, 6.07) is 6.30. The van der Waals surface area contributed by atoms with Gasteiger partial charge in [0.2, 0.25) is 0 Å². The van der Waals surface area contributed by atoms with E-state index in [2.05, 4.69) is 31.4 Å². The van der Waals surface area contributed by atoms with Gasteiger partial charge < -0.3 is 10.6 Å². The van der Waals surface area contributed by atoms with Crippen LogP contribution >= 0.6 is 0 Å². The Hall–Kier alpha value is -1.51. The molecule has 1 rings (SSSR count). The van der Waals surface area contributed by atoms with Crippen molar-refractivity contribution >= 4 is 11.6 Å². The second-order valence-electron chi connectivity index (χ2n) is 5.00. The first-order chi connectivity index (χ1) is 9.12. The molecule has 3 nitrogen and oxygen atoms in total. The Morgan fingerprint density at radius 1 is 1.32 bits per heavy atom. The van der Waals surface area contributed by atoms with Crippen LogP contribution in [0.4, 0.5) is 5.69 Å². The Morgan fingerprint density at radius 3 is 2.63 bits per heavy atom. The molecule has 0 aliphatic carbocycles. The molecule has 0 heterocycles. The molecule has 1 unspecified atom stereocenters. The molecule has 1 aromatic rings. The van der Waals surface area contributed by atoms with Crippen LogP contribution in [0, 0.1) is 6.92 Å².